The predicted octanol–water partition coefficient (Wildman–Crippen LogP) is 2.99. The van der Waals surface area contributed by atoms with Crippen molar-refractivity contribution in [2.75, 3.05) is 19.6 Å². The molecule has 1 aliphatic rings. The van der Waals surface area contributed by atoms with Crippen LogP contribution in [0.3, 0.4) is 0 Å². The third kappa shape index (κ3) is 1.77. The molecule has 0 spiro atoms. The Kier molecular flexibility index (Phi) is 2.67. The molecule has 0 saturated carbocycles. The summed E-state index contributed by atoms with van der Waals surface area (Å²) in [6.45, 7) is 5.92. The summed E-state index contributed by atoms with van der Waals surface area (Å²) < 4.78 is 2.26. The molecule has 1 fully saturated rings. The molecular formula is C15H20N2. The van der Waals surface area contributed by atoms with Crippen molar-refractivity contribution in [2.24, 2.45) is 7.05 Å². The van der Waals surface area contributed by atoms with Gasteiger partial charge in [0.25, 0.3) is 0 Å². The number of benzene rings is 1. The Balaban J connectivity index is 2.01. The van der Waals surface area contributed by atoms with E-state index in [9.17, 15) is 0 Å². The molecule has 0 amide bonds. The van der Waals surface area contributed by atoms with Crippen LogP contribution in [-0.4, -0.2) is 29.1 Å². The zero-order chi connectivity index (χ0) is 11.8. The maximum atomic E-state index is 2.55. The molecule has 2 nitrogen and oxygen atoms in total. The van der Waals surface area contributed by atoms with Crippen LogP contribution in [0, 0.1) is 0 Å². The highest BCUT2D eigenvalue weighted by Crippen LogP contribution is 2.33. The van der Waals surface area contributed by atoms with Crippen LogP contribution in [0.4, 0.5) is 0 Å². The highest BCUT2D eigenvalue weighted by atomic mass is 15.1. The number of para-hydroxylation sites is 1. The van der Waals surface area contributed by atoms with Gasteiger partial charge in [0.1, 0.15) is 0 Å². The predicted molar refractivity (Wildman–Crippen MR) is 72.4 cm³/mol. The Labute approximate surface area is 103 Å². The average Bonchev–Trinajstić information content (AvgIpc) is 2.95. The van der Waals surface area contributed by atoms with Crippen molar-refractivity contribution in [2.45, 2.75) is 19.3 Å². The minimum atomic E-state index is 0.723. The first-order valence-electron chi connectivity index (χ1n) is 6.56. The van der Waals surface area contributed by atoms with E-state index in [0.717, 1.165) is 5.92 Å². The van der Waals surface area contributed by atoms with Crippen molar-refractivity contribution < 1.29 is 0 Å². The van der Waals surface area contributed by atoms with Gasteiger partial charge in [0, 0.05) is 30.7 Å². The summed E-state index contributed by atoms with van der Waals surface area (Å²) in [6.07, 6.45) is 3.64. The van der Waals surface area contributed by atoms with Crippen molar-refractivity contribution in [3.63, 3.8) is 0 Å². The van der Waals surface area contributed by atoms with E-state index >= 15 is 0 Å². The summed E-state index contributed by atoms with van der Waals surface area (Å²) in [6, 6.07) is 8.75. The fourth-order valence-electron chi connectivity index (χ4n) is 3.07. The fourth-order valence-corrected chi connectivity index (χ4v) is 3.07. The van der Waals surface area contributed by atoms with Crippen LogP contribution in [0.2, 0.25) is 0 Å². The van der Waals surface area contributed by atoms with Gasteiger partial charge in [-0.1, -0.05) is 25.1 Å². The van der Waals surface area contributed by atoms with E-state index in [1.54, 1.807) is 5.56 Å². The monoisotopic (exact) mass is 228 g/mol. The van der Waals surface area contributed by atoms with Crippen LogP contribution < -0.4 is 0 Å². The van der Waals surface area contributed by atoms with Gasteiger partial charge in [0.15, 0.2) is 0 Å². The Morgan fingerprint density at radius 1 is 1.29 bits per heavy atom. The second kappa shape index (κ2) is 4.19. The largest absolute Gasteiger partial charge is 0.350 e. The Hall–Kier alpha value is -1.28. The molecule has 3 rings (SSSR count). The number of nitrogens with zero attached hydrogens (tertiary/aromatic N) is 2. The molecule has 0 bridgehead atoms. The van der Waals surface area contributed by atoms with E-state index < -0.39 is 0 Å². The summed E-state index contributed by atoms with van der Waals surface area (Å²) >= 11 is 0. The molecule has 1 aromatic heterocycles. The molecule has 2 heteroatoms. The third-order valence-corrected chi connectivity index (χ3v) is 4.09. The number of fused-ring (bicyclic) bond motifs is 1. The summed E-state index contributed by atoms with van der Waals surface area (Å²) in [4.78, 5) is 2.55. The lowest BCUT2D eigenvalue weighted by atomic mass is 9.98. The number of aromatic nitrogens is 1. The number of hydrogen-bond acceptors (Lipinski definition) is 1. The summed E-state index contributed by atoms with van der Waals surface area (Å²) in [5.74, 6) is 0.723. The van der Waals surface area contributed by atoms with Gasteiger partial charge in [-0.05, 0) is 37.1 Å². The SMILES string of the molecule is CCN1CC[C@H](c2cn(C)c3ccccc23)C1. The van der Waals surface area contributed by atoms with Gasteiger partial charge < -0.3 is 9.47 Å². The van der Waals surface area contributed by atoms with Gasteiger partial charge in [0.05, 0.1) is 0 Å². The van der Waals surface area contributed by atoms with Crippen LogP contribution in [-0.2, 0) is 7.05 Å². The van der Waals surface area contributed by atoms with Crippen molar-refractivity contribution in [3.05, 3.63) is 36.0 Å². The molecule has 1 saturated heterocycles. The summed E-state index contributed by atoms with van der Waals surface area (Å²) in [5.41, 5.74) is 2.90. The van der Waals surface area contributed by atoms with Gasteiger partial charge in [-0.15, -0.1) is 0 Å². The van der Waals surface area contributed by atoms with Gasteiger partial charge in [-0.25, -0.2) is 0 Å². The normalized spacial score (nSPS) is 21.4. The molecular weight excluding hydrogens is 208 g/mol. The van der Waals surface area contributed by atoms with Gasteiger partial charge in [-0.2, -0.15) is 0 Å². The lowest BCUT2D eigenvalue weighted by molar-refractivity contribution is 0.354. The van der Waals surface area contributed by atoms with E-state index in [0.29, 0.717) is 0 Å². The van der Waals surface area contributed by atoms with E-state index in [1.807, 2.05) is 0 Å². The molecule has 0 unspecified atom stereocenters. The van der Waals surface area contributed by atoms with Crippen molar-refractivity contribution >= 4 is 10.9 Å². The third-order valence-electron chi connectivity index (χ3n) is 4.09. The maximum absolute atomic E-state index is 2.55. The number of aryl methyl sites for hydroxylation is 1. The highest BCUT2D eigenvalue weighted by molar-refractivity contribution is 5.84. The van der Waals surface area contributed by atoms with Crippen LogP contribution in [0.25, 0.3) is 10.9 Å². The Morgan fingerprint density at radius 2 is 2.12 bits per heavy atom. The quantitative estimate of drug-likeness (QED) is 0.767. The number of hydrogen-bond donors (Lipinski definition) is 0. The first kappa shape index (κ1) is 10.8. The van der Waals surface area contributed by atoms with E-state index in [2.05, 4.69) is 53.9 Å². The lowest BCUT2D eigenvalue weighted by Crippen LogP contribution is -2.19. The second-order valence-corrected chi connectivity index (χ2v) is 5.09. The van der Waals surface area contributed by atoms with E-state index in [4.69, 9.17) is 0 Å². The topological polar surface area (TPSA) is 8.17 Å². The first-order chi connectivity index (χ1) is 8.29. The molecule has 0 aliphatic carbocycles. The molecule has 17 heavy (non-hydrogen) atoms. The Morgan fingerprint density at radius 3 is 2.88 bits per heavy atom. The van der Waals surface area contributed by atoms with Crippen molar-refractivity contribution in [3.8, 4) is 0 Å². The van der Waals surface area contributed by atoms with Gasteiger partial charge in [0.2, 0.25) is 0 Å². The maximum Gasteiger partial charge on any atom is 0.0480 e. The number of rotatable bonds is 2. The summed E-state index contributed by atoms with van der Waals surface area (Å²) in [7, 11) is 2.15. The molecule has 1 aromatic carbocycles. The highest BCUT2D eigenvalue weighted by Gasteiger charge is 2.25. The van der Waals surface area contributed by atoms with Crippen LogP contribution in [0.1, 0.15) is 24.8 Å². The van der Waals surface area contributed by atoms with Crippen molar-refractivity contribution in [1.29, 1.82) is 0 Å². The zero-order valence-electron chi connectivity index (χ0n) is 10.7. The summed E-state index contributed by atoms with van der Waals surface area (Å²) in [5, 5.41) is 1.44. The molecule has 2 aromatic rings. The standard InChI is InChI=1S/C15H20N2/c1-3-17-9-8-12(10-17)14-11-16(2)15-7-5-4-6-13(14)15/h4-7,11-12H,3,8-10H2,1-2H3/t12-/m0/s1. The lowest BCUT2D eigenvalue weighted by Gasteiger charge is -2.12. The molecule has 1 atom stereocenters. The number of likely N-dealkylation sites (N-methyl/N-ethyl adjacent to an activating group) is 1. The minimum Gasteiger partial charge on any atom is -0.350 e. The van der Waals surface area contributed by atoms with E-state index in [-0.39, 0.29) is 0 Å². The second-order valence-electron chi connectivity index (χ2n) is 5.09. The smallest absolute Gasteiger partial charge is 0.0480 e. The fraction of sp³-hybridized carbons (Fsp3) is 0.467. The molecule has 2 heterocycles. The molecule has 0 radical (unpaired) electrons. The molecule has 1 aliphatic heterocycles. The zero-order valence-corrected chi connectivity index (χ0v) is 10.7. The van der Waals surface area contributed by atoms with Crippen LogP contribution in [0.15, 0.2) is 30.5 Å². The van der Waals surface area contributed by atoms with Crippen LogP contribution in [0.5, 0.6) is 0 Å². The van der Waals surface area contributed by atoms with E-state index in [1.165, 1.54) is 37.0 Å². The molecule has 0 N–H and O–H groups in total. The van der Waals surface area contributed by atoms with Crippen LogP contribution >= 0.6 is 0 Å². The Bertz CT molecular complexity index is 527. The average molecular weight is 228 g/mol. The van der Waals surface area contributed by atoms with Gasteiger partial charge >= 0.3 is 0 Å². The van der Waals surface area contributed by atoms with Crippen molar-refractivity contribution in [1.82, 2.24) is 9.47 Å². The minimum absolute atomic E-state index is 0.723. The number of likely N-dealkylation sites (tertiary alicyclic amines) is 1. The van der Waals surface area contributed by atoms with Gasteiger partial charge in [-0.3, -0.25) is 0 Å². The molecule has 90 valence electrons. The first-order valence-corrected chi connectivity index (χ1v) is 6.56.